The summed E-state index contributed by atoms with van der Waals surface area (Å²) in [6, 6.07) is 5.20. The Morgan fingerprint density at radius 3 is 2.62 bits per heavy atom. The van der Waals surface area contributed by atoms with Gasteiger partial charge in [0.2, 0.25) is 0 Å². The van der Waals surface area contributed by atoms with Gasteiger partial charge in [0.05, 0.1) is 12.3 Å². The quantitative estimate of drug-likeness (QED) is 0.510. The number of anilines is 1. The van der Waals surface area contributed by atoms with Gasteiger partial charge in [-0.2, -0.15) is 0 Å². The molecule has 0 aliphatic heterocycles. The van der Waals surface area contributed by atoms with Crippen molar-refractivity contribution in [3.63, 3.8) is 0 Å². The number of benzene rings is 1. The highest BCUT2D eigenvalue weighted by Crippen LogP contribution is 2.23. The van der Waals surface area contributed by atoms with Crippen molar-refractivity contribution in [1.29, 1.82) is 0 Å². The third kappa shape index (κ3) is 6.52. The van der Waals surface area contributed by atoms with Gasteiger partial charge in [-0.15, -0.1) is 0 Å². The van der Waals surface area contributed by atoms with Gasteiger partial charge in [0, 0.05) is 12.1 Å². The fraction of sp³-hybridized carbons (Fsp3) is 0.588. The molecule has 0 spiro atoms. The molecule has 0 saturated carbocycles. The van der Waals surface area contributed by atoms with Crippen LogP contribution in [0.3, 0.4) is 0 Å². The van der Waals surface area contributed by atoms with Crippen molar-refractivity contribution in [2.24, 2.45) is 0 Å². The molecule has 1 rings (SSSR count). The molecule has 3 N–H and O–H groups in total. The van der Waals surface area contributed by atoms with Crippen LogP contribution < -0.4 is 15.8 Å². The lowest BCUT2D eigenvalue weighted by molar-refractivity contribution is 0.0952. The fourth-order valence-electron chi connectivity index (χ4n) is 1.99. The summed E-state index contributed by atoms with van der Waals surface area (Å²) in [4.78, 5) is 12.0. The van der Waals surface area contributed by atoms with E-state index in [4.69, 9.17) is 10.5 Å². The molecule has 0 fully saturated rings. The van der Waals surface area contributed by atoms with Crippen LogP contribution >= 0.6 is 0 Å². The number of nitrogens with one attached hydrogen (secondary N) is 1. The molecule has 0 heterocycles. The number of carbonyl (C=O) groups excluding carboxylic acids is 1. The Bertz CT molecular complexity index is 433. The Morgan fingerprint density at radius 2 is 1.90 bits per heavy atom. The van der Waals surface area contributed by atoms with Gasteiger partial charge in [0.1, 0.15) is 5.75 Å². The molecule has 0 bridgehead atoms. The molecule has 0 aliphatic rings. The molecule has 0 atom stereocenters. The highest BCUT2D eigenvalue weighted by atomic mass is 16.5. The van der Waals surface area contributed by atoms with Crippen molar-refractivity contribution in [1.82, 2.24) is 5.32 Å². The van der Waals surface area contributed by atoms with Crippen molar-refractivity contribution < 1.29 is 9.53 Å². The van der Waals surface area contributed by atoms with Crippen LogP contribution in [0.5, 0.6) is 5.75 Å². The van der Waals surface area contributed by atoms with E-state index in [1.54, 1.807) is 18.2 Å². The van der Waals surface area contributed by atoms with Gasteiger partial charge < -0.3 is 15.8 Å². The highest BCUT2D eigenvalue weighted by molar-refractivity contribution is 5.95. The van der Waals surface area contributed by atoms with E-state index in [0.29, 0.717) is 30.2 Å². The lowest BCUT2D eigenvalue weighted by Gasteiger charge is -2.11. The summed E-state index contributed by atoms with van der Waals surface area (Å²) in [5, 5.41) is 2.90. The summed E-state index contributed by atoms with van der Waals surface area (Å²) < 4.78 is 5.69. The Morgan fingerprint density at radius 1 is 1.14 bits per heavy atom. The van der Waals surface area contributed by atoms with Crippen molar-refractivity contribution in [3.8, 4) is 5.75 Å². The van der Waals surface area contributed by atoms with Gasteiger partial charge in [-0.3, -0.25) is 4.79 Å². The van der Waals surface area contributed by atoms with Crippen molar-refractivity contribution in [2.45, 2.75) is 52.4 Å². The van der Waals surface area contributed by atoms with E-state index in [2.05, 4.69) is 19.2 Å². The molecule has 0 aromatic heterocycles. The highest BCUT2D eigenvalue weighted by Gasteiger charge is 2.08. The number of nitrogen functional groups attached to an aromatic ring is 1. The topological polar surface area (TPSA) is 64.3 Å². The second-order valence-corrected chi connectivity index (χ2v) is 5.27. The average Bonchev–Trinajstić information content (AvgIpc) is 2.49. The lowest BCUT2D eigenvalue weighted by atomic mass is 10.1. The van der Waals surface area contributed by atoms with Crippen LogP contribution in [-0.4, -0.2) is 19.1 Å². The molecule has 1 aromatic rings. The molecule has 0 radical (unpaired) electrons. The standard InChI is InChI=1S/C17H28N2O2/c1-3-5-7-8-12-21-16-13-14(9-10-15(16)18)17(20)19-11-6-4-2/h9-10,13H,3-8,11-12,18H2,1-2H3,(H,19,20). The van der Waals surface area contributed by atoms with Crippen LogP contribution in [0.4, 0.5) is 5.69 Å². The third-order valence-electron chi connectivity index (χ3n) is 3.35. The number of ether oxygens (including phenoxy) is 1. The first-order valence-electron chi connectivity index (χ1n) is 7.99. The molecule has 1 amide bonds. The number of hydrogen-bond donors (Lipinski definition) is 2. The van der Waals surface area contributed by atoms with Gasteiger partial charge in [-0.1, -0.05) is 39.5 Å². The lowest BCUT2D eigenvalue weighted by Crippen LogP contribution is -2.24. The van der Waals surface area contributed by atoms with Gasteiger partial charge in [0.25, 0.3) is 5.91 Å². The molecule has 4 heteroatoms. The molecule has 0 unspecified atom stereocenters. The van der Waals surface area contributed by atoms with Gasteiger partial charge in [-0.25, -0.2) is 0 Å². The molecule has 21 heavy (non-hydrogen) atoms. The Kier molecular flexibility index (Phi) is 8.32. The number of amides is 1. The minimum Gasteiger partial charge on any atom is -0.491 e. The van der Waals surface area contributed by atoms with Crippen molar-refractivity contribution in [2.75, 3.05) is 18.9 Å². The molecule has 0 aliphatic carbocycles. The zero-order chi connectivity index (χ0) is 15.5. The van der Waals surface area contributed by atoms with Crippen molar-refractivity contribution >= 4 is 11.6 Å². The first-order valence-corrected chi connectivity index (χ1v) is 7.99. The molecule has 0 saturated heterocycles. The minimum atomic E-state index is -0.0701. The monoisotopic (exact) mass is 292 g/mol. The maximum Gasteiger partial charge on any atom is 0.251 e. The smallest absolute Gasteiger partial charge is 0.251 e. The van der Waals surface area contributed by atoms with Crippen LogP contribution in [-0.2, 0) is 0 Å². The largest absolute Gasteiger partial charge is 0.491 e. The van der Waals surface area contributed by atoms with E-state index in [0.717, 1.165) is 25.7 Å². The number of carbonyl (C=O) groups is 1. The van der Waals surface area contributed by atoms with Crippen LogP contribution in [0.25, 0.3) is 0 Å². The zero-order valence-corrected chi connectivity index (χ0v) is 13.3. The summed E-state index contributed by atoms with van der Waals surface area (Å²) in [7, 11) is 0. The average molecular weight is 292 g/mol. The minimum absolute atomic E-state index is 0.0701. The predicted molar refractivity (Wildman–Crippen MR) is 87.7 cm³/mol. The summed E-state index contributed by atoms with van der Waals surface area (Å²) in [6.07, 6.45) is 6.65. The van der Waals surface area contributed by atoms with Crippen molar-refractivity contribution in [3.05, 3.63) is 23.8 Å². The second kappa shape index (κ2) is 10.1. The summed E-state index contributed by atoms with van der Waals surface area (Å²) in [5.41, 5.74) is 7.08. The number of rotatable bonds is 10. The maximum atomic E-state index is 12.0. The Balaban J connectivity index is 2.52. The molecule has 4 nitrogen and oxygen atoms in total. The normalized spacial score (nSPS) is 10.4. The van der Waals surface area contributed by atoms with E-state index in [1.165, 1.54) is 12.8 Å². The Labute approximate surface area is 128 Å². The predicted octanol–water partition coefficient (Wildman–Crippen LogP) is 3.76. The second-order valence-electron chi connectivity index (χ2n) is 5.27. The first-order chi connectivity index (χ1) is 10.2. The van der Waals surface area contributed by atoms with Crippen LogP contribution in [0.2, 0.25) is 0 Å². The van der Waals surface area contributed by atoms with Gasteiger partial charge >= 0.3 is 0 Å². The number of hydrogen-bond acceptors (Lipinski definition) is 3. The number of unbranched alkanes of at least 4 members (excludes halogenated alkanes) is 4. The summed E-state index contributed by atoms with van der Waals surface area (Å²) in [6.45, 7) is 5.62. The summed E-state index contributed by atoms with van der Waals surface area (Å²) in [5.74, 6) is 0.536. The fourth-order valence-corrected chi connectivity index (χ4v) is 1.99. The van der Waals surface area contributed by atoms with Crippen LogP contribution in [0, 0.1) is 0 Å². The maximum absolute atomic E-state index is 12.0. The van der Waals surface area contributed by atoms with Gasteiger partial charge in [0.15, 0.2) is 0 Å². The van der Waals surface area contributed by atoms with E-state index in [1.807, 2.05) is 0 Å². The van der Waals surface area contributed by atoms with E-state index in [-0.39, 0.29) is 5.91 Å². The molecule has 118 valence electrons. The molecular formula is C17H28N2O2. The van der Waals surface area contributed by atoms with Gasteiger partial charge in [-0.05, 0) is 31.0 Å². The summed E-state index contributed by atoms with van der Waals surface area (Å²) >= 11 is 0. The molecular weight excluding hydrogens is 264 g/mol. The number of nitrogens with two attached hydrogens (primary N) is 1. The third-order valence-corrected chi connectivity index (χ3v) is 3.35. The van der Waals surface area contributed by atoms with Crippen LogP contribution in [0.15, 0.2) is 18.2 Å². The Hall–Kier alpha value is -1.71. The molecule has 1 aromatic carbocycles. The van der Waals surface area contributed by atoms with E-state index < -0.39 is 0 Å². The SMILES string of the molecule is CCCCCCOc1cc(C(=O)NCCCC)ccc1N. The van der Waals surface area contributed by atoms with E-state index in [9.17, 15) is 4.79 Å². The zero-order valence-electron chi connectivity index (χ0n) is 13.3. The van der Waals surface area contributed by atoms with E-state index >= 15 is 0 Å². The first kappa shape index (κ1) is 17.3. The van der Waals surface area contributed by atoms with Crippen LogP contribution in [0.1, 0.15) is 62.7 Å².